The molecule has 2 rings (SSSR count). The molecule has 120 valence electrons. The molecular formula is C13H19BrClFN2O2S. The SMILES string of the molecule is CC1(C)CN(S(=O)(=O)c2cc(Br)ccc2F)CCC1N.Cl. The monoisotopic (exact) mass is 400 g/mol. The van der Waals surface area contributed by atoms with Gasteiger partial charge >= 0.3 is 0 Å². The van der Waals surface area contributed by atoms with Crippen molar-refractivity contribution in [2.24, 2.45) is 11.1 Å². The third-order valence-corrected chi connectivity index (χ3v) is 6.14. The summed E-state index contributed by atoms with van der Waals surface area (Å²) in [6.45, 7) is 4.47. The minimum Gasteiger partial charge on any atom is -0.327 e. The molecule has 0 saturated carbocycles. The molecule has 0 aliphatic carbocycles. The fourth-order valence-corrected chi connectivity index (χ4v) is 4.57. The lowest BCUT2D eigenvalue weighted by molar-refractivity contribution is 0.155. The Labute approximate surface area is 139 Å². The molecule has 21 heavy (non-hydrogen) atoms. The van der Waals surface area contributed by atoms with E-state index in [1.165, 1.54) is 16.4 Å². The van der Waals surface area contributed by atoms with Crippen molar-refractivity contribution in [1.29, 1.82) is 0 Å². The van der Waals surface area contributed by atoms with Gasteiger partial charge < -0.3 is 5.73 Å². The van der Waals surface area contributed by atoms with Gasteiger partial charge in [-0.15, -0.1) is 12.4 Å². The van der Waals surface area contributed by atoms with Crippen LogP contribution < -0.4 is 5.73 Å². The van der Waals surface area contributed by atoms with E-state index in [0.717, 1.165) is 6.07 Å². The molecule has 1 atom stereocenters. The summed E-state index contributed by atoms with van der Waals surface area (Å²) >= 11 is 3.18. The first-order chi connectivity index (χ1) is 9.14. The molecule has 1 aliphatic heterocycles. The molecule has 1 heterocycles. The van der Waals surface area contributed by atoms with Crippen molar-refractivity contribution in [3.05, 3.63) is 28.5 Å². The smallest absolute Gasteiger partial charge is 0.246 e. The zero-order chi connectivity index (χ0) is 15.1. The highest BCUT2D eigenvalue weighted by Gasteiger charge is 2.39. The van der Waals surface area contributed by atoms with Gasteiger partial charge in [0, 0.05) is 23.6 Å². The highest BCUT2D eigenvalue weighted by atomic mass is 79.9. The Hall–Kier alpha value is -0.210. The summed E-state index contributed by atoms with van der Waals surface area (Å²) in [5.74, 6) is -0.735. The van der Waals surface area contributed by atoms with Gasteiger partial charge in [0.25, 0.3) is 0 Å². The van der Waals surface area contributed by atoms with Crippen LogP contribution in [0.4, 0.5) is 4.39 Å². The second kappa shape index (κ2) is 6.50. The summed E-state index contributed by atoms with van der Waals surface area (Å²) in [4.78, 5) is -0.293. The number of halogens is 3. The van der Waals surface area contributed by atoms with Gasteiger partial charge in [-0.25, -0.2) is 12.8 Å². The minimum atomic E-state index is -3.84. The molecule has 2 N–H and O–H groups in total. The quantitative estimate of drug-likeness (QED) is 0.829. The van der Waals surface area contributed by atoms with Crippen LogP contribution in [0, 0.1) is 11.2 Å². The van der Waals surface area contributed by atoms with E-state index < -0.39 is 15.8 Å². The third-order valence-electron chi connectivity index (χ3n) is 3.79. The third kappa shape index (κ3) is 3.76. The molecule has 1 aromatic carbocycles. The van der Waals surface area contributed by atoms with E-state index in [0.29, 0.717) is 24.0 Å². The molecular weight excluding hydrogens is 383 g/mol. The van der Waals surface area contributed by atoms with Crippen molar-refractivity contribution in [2.45, 2.75) is 31.2 Å². The van der Waals surface area contributed by atoms with E-state index in [1.54, 1.807) is 0 Å². The summed E-state index contributed by atoms with van der Waals surface area (Å²) in [6.07, 6.45) is 0.571. The van der Waals surface area contributed by atoms with Crippen molar-refractivity contribution in [1.82, 2.24) is 4.31 Å². The van der Waals surface area contributed by atoms with Crippen molar-refractivity contribution in [2.75, 3.05) is 13.1 Å². The summed E-state index contributed by atoms with van der Waals surface area (Å²) < 4.78 is 40.8. The maximum atomic E-state index is 13.8. The van der Waals surface area contributed by atoms with E-state index in [9.17, 15) is 12.8 Å². The molecule has 0 bridgehead atoms. The maximum absolute atomic E-state index is 13.8. The fraction of sp³-hybridized carbons (Fsp3) is 0.538. The van der Waals surface area contributed by atoms with Crippen molar-refractivity contribution in [3.8, 4) is 0 Å². The topological polar surface area (TPSA) is 63.4 Å². The first kappa shape index (κ1) is 18.8. The van der Waals surface area contributed by atoms with E-state index in [2.05, 4.69) is 15.9 Å². The molecule has 1 unspecified atom stereocenters. The number of rotatable bonds is 2. The normalized spacial score (nSPS) is 22.6. The fourth-order valence-electron chi connectivity index (χ4n) is 2.34. The van der Waals surface area contributed by atoms with Gasteiger partial charge in [0.05, 0.1) is 0 Å². The largest absolute Gasteiger partial charge is 0.327 e. The molecule has 0 radical (unpaired) electrons. The second-order valence-corrected chi connectivity index (χ2v) is 8.62. The molecule has 1 fully saturated rings. The van der Waals surface area contributed by atoms with Gasteiger partial charge in [-0.2, -0.15) is 4.31 Å². The van der Waals surface area contributed by atoms with E-state index in [1.807, 2.05) is 13.8 Å². The number of nitrogens with two attached hydrogens (primary N) is 1. The lowest BCUT2D eigenvalue weighted by Gasteiger charge is -2.41. The van der Waals surface area contributed by atoms with Gasteiger partial charge in [0.1, 0.15) is 10.7 Å². The van der Waals surface area contributed by atoms with E-state index >= 15 is 0 Å². The van der Waals surface area contributed by atoms with Gasteiger partial charge in [-0.3, -0.25) is 0 Å². The zero-order valence-corrected chi connectivity index (χ0v) is 15.1. The van der Waals surface area contributed by atoms with Gasteiger partial charge in [-0.1, -0.05) is 29.8 Å². The molecule has 1 aliphatic rings. The maximum Gasteiger partial charge on any atom is 0.246 e. The van der Waals surface area contributed by atoms with E-state index in [-0.39, 0.29) is 28.8 Å². The van der Waals surface area contributed by atoms with Crippen LogP contribution in [0.3, 0.4) is 0 Å². The van der Waals surface area contributed by atoms with Crippen LogP contribution in [0.5, 0.6) is 0 Å². The summed E-state index contributed by atoms with van der Waals surface area (Å²) in [5.41, 5.74) is 5.68. The minimum absolute atomic E-state index is 0. The van der Waals surface area contributed by atoms with Crippen LogP contribution in [0.15, 0.2) is 27.6 Å². The lowest BCUT2D eigenvalue weighted by Crippen LogP contribution is -2.53. The lowest BCUT2D eigenvalue weighted by atomic mass is 9.81. The first-order valence-electron chi connectivity index (χ1n) is 6.35. The number of hydrogen-bond donors (Lipinski definition) is 1. The number of nitrogens with zero attached hydrogens (tertiary/aromatic N) is 1. The first-order valence-corrected chi connectivity index (χ1v) is 8.59. The number of benzene rings is 1. The highest BCUT2D eigenvalue weighted by Crippen LogP contribution is 2.32. The van der Waals surface area contributed by atoms with Crippen LogP contribution in [0.2, 0.25) is 0 Å². The average Bonchev–Trinajstić information content (AvgIpc) is 2.35. The summed E-state index contributed by atoms with van der Waals surface area (Å²) in [6, 6.07) is 3.87. The molecule has 0 aromatic heterocycles. The second-order valence-electron chi connectivity index (χ2n) is 5.80. The van der Waals surface area contributed by atoms with E-state index in [4.69, 9.17) is 5.73 Å². The molecule has 1 aromatic rings. The van der Waals surface area contributed by atoms with Crippen LogP contribution in [0.1, 0.15) is 20.3 Å². The van der Waals surface area contributed by atoms with Gasteiger partial charge in [0.15, 0.2) is 0 Å². The molecule has 8 heteroatoms. The van der Waals surface area contributed by atoms with Crippen molar-refractivity contribution < 1.29 is 12.8 Å². The molecule has 0 spiro atoms. The standard InChI is InChI=1S/C13H18BrFN2O2S.ClH/c1-13(2)8-17(6-5-12(13)16)20(18,19)11-7-9(14)3-4-10(11)15;/h3-4,7,12H,5-6,8,16H2,1-2H3;1H. The van der Waals surface area contributed by atoms with Crippen LogP contribution >= 0.6 is 28.3 Å². The highest BCUT2D eigenvalue weighted by molar-refractivity contribution is 9.10. The molecule has 0 amide bonds. The van der Waals surface area contributed by atoms with Crippen LogP contribution in [-0.4, -0.2) is 31.9 Å². The van der Waals surface area contributed by atoms with Gasteiger partial charge in [-0.05, 0) is 30.0 Å². The summed E-state index contributed by atoms with van der Waals surface area (Å²) in [7, 11) is -3.84. The molecule has 4 nitrogen and oxygen atoms in total. The number of sulfonamides is 1. The predicted octanol–water partition coefficient (Wildman–Crippen LogP) is 2.76. The Balaban J connectivity index is 0.00000220. The average molecular weight is 402 g/mol. The Kier molecular flexibility index (Phi) is 5.83. The molecule has 1 saturated heterocycles. The van der Waals surface area contributed by atoms with Gasteiger partial charge in [0.2, 0.25) is 10.0 Å². The number of hydrogen-bond acceptors (Lipinski definition) is 3. The Bertz CT molecular complexity index is 625. The Morgan fingerprint density at radius 2 is 2.05 bits per heavy atom. The van der Waals surface area contributed by atoms with Crippen molar-refractivity contribution in [3.63, 3.8) is 0 Å². The van der Waals surface area contributed by atoms with Crippen LogP contribution in [0.25, 0.3) is 0 Å². The Morgan fingerprint density at radius 3 is 2.62 bits per heavy atom. The predicted molar refractivity (Wildman–Crippen MR) is 86.5 cm³/mol. The zero-order valence-electron chi connectivity index (χ0n) is 11.8. The number of piperidine rings is 1. The Morgan fingerprint density at radius 1 is 1.43 bits per heavy atom. The summed E-state index contributed by atoms with van der Waals surface area (Å²) in [5, 5.41) is 0. The van der Waals surface area contributed by atoms with Crippen molar-refractivity contribution >= 4 is 38.4 Å². The van der Waals surface area contributed by atoms with Crippen LogP contribution in [-0.2, 0) is 10.0 Å².